The van der Waals surface area contributed by atoms with Crippen molar-refractivity contribution in [3.8, 4) is 11.5 Å². The summed E-state index contributed by atoms with van der Waals surface area (Å²) in [5.74, 6) is 1.53. The lowest BCUT2D eigenvalue weighted by Crippen LogP contribution is -2.17. The maximum Gasteiger partial charge on any atom is 0.161 e. The zero-order valence-corrected chi connectivity index (χ0v) is 15.0. The second-order valence-electron chi connectivity index (χ2n) is 4.98. The Morgan fingerprint density at radius 2 is 2.00 bits per heavy atom. The fourth-order valence-electron chi connectivity index (χ4n) is 1.88. The van der Waals surface area contributed by atoms with Crippen molar-refractivity contribution in [1.29, 1.82) is 0 Å². The Morgan fingerprint density at radius 1 is 1.24 bits per heavy atom. The van der Waals surface area contributed by atoms with Crippen LogP contribution in [0, 0.1) is 0 Å². The van der Waals surface area contributed by atoms with Crippen molar-refractivity contribution in [2.45, 2.75) is 39.8 Å². The van der Waals surface area contributed by atoms with Gasteiger partial charge in [-0.05, 0) is 51.4 Å². The minimum atomic E-state index is 0.300. The molecule has 1 aromatic carbocycles. The van der Waals surface area contributed by atoms with Crippen LogP contribution in [-0.4, -0.2) is 33.0 Å². The molecule has 0 radical (unpaired) electrons. The number of hydrogen-bond acceptors (Lipinski definition) is 4. The van der Waals surface area contributed by atoms with Crippen LogP contribution in [0.15, 0.2) is 16.6 Å². The molecule has 4 nitrogen and oxygen atoms in total. The van der Waals surface area contributed by atoms with Crippen LogP contribution in [0.3, 0.4) is 0 Å². The van der Waals surface area contributed by atoms with Crippen LogP contribution in [0.25, 0.3) is 0 Å². The molecule has 0 aliphatic carbocycles. The Morgan fingerprint density at radius 3 is 2.62 bits per heavy atom. The Balaban J connectivity index is 2.49. The molecule has 0 saturated carbocycles. The minimum absolute atomic E-state index is 0.300. The van der Waals surface area contributed by atoms with Crippen molar-refractivity contribution in [2.24, 2.45) is 0 Å². The summed E-state index contributed by atoms with van der Waals surface area (Å²) in [6, 6.07) is 3.97. The first-order chi connectivity index (χ1) is 10.1. The molecular formula is C16H26BrNO3. The van der Waals surface area contributed by atoms with E-state index in [-0.39, 0.29) is 0 Å². The third-order valence-electron chi connectivity index (χ3n) is 2.90. The molecule has 5 heteroatoms. The molecule has 1 N–H and O–H groups in total. The largest absolute Gasteiger partial charge is 0.493 e. The minimum Gasteiger partial charge on any atom is -0.493 e. The van der Waals surface area contributed by atoms with Gasteiger partial charge >= 0.3 is 0 Å². The predicted molar refractivity (Wildman–Crippen MR) is 89.3 cm³/mol. The lowest BCUT2D eigenvalue weighted by atomic mass is 10.2. The molecular weight excluding hydrogens is 334 g/mol. The summed E-state index contributed by atoms with van der Waals surface area (Å²) in [5.41, 5.74) is 1.16. The Hall–Kier alpha value is -0.780. The molecule has 0 unspecified atom stereocenters. The molecule has 0 saturated heterocycles. The number of benzene rings is 1. The summed E-state index contributed by atoms with van der Waals surface area (Å²) in [6.07, 6.45) is 1.30. The van der Waals surface area contributed by atoms with Crippen LogP contribution < -0.4 is 14.8 Å². The first-order valence-corrected chi connectivity index (χ1v) is 8.19. The SMILES string of the molecule is CCOc1cc(CNCCCOC(C)C)c(Br)cc1OC. The molecule has 1 rings (SSSR count). The van der Waals surface area contributed by atoms with Crippen LogP contribution in [0.4, 0.5) is 0 Å². The van der Waals surface area contributed by atoms with Crippen LogP contribution in [0.5, 0.6) is 11.5 Å². The van der Waals surface area contributed by atoms with Crippen LogP contribution in [-0.2, 0) is 11.3 Å². The number of halogens is 1. The van der Waals surface area contributed by atoms with Gasteiger partial charge < -0.3 is 19.5 Å². The predicted octanol–water partition coefficient (Wildman–Crippen LogP) is 3.76. The normalized spacial score (nSPS) is 11.0. The van der Waals surface area contributed by atoms with E-state index in [9.17, 15) is 0 Å². The summed E-state index contributed by atoms with van der Waals surface area (Å²) < 4.78 is 17.5. The van der Waals surface area contributed by atoms with E-state index in [0.717, 1.165) is 47.7 Å². The number of ether oxygens (including phenoxy) is 3. The molecule has 1 aromatic rings. The maximum atomic E-state index is 5.60. The topological polar surface area (TPSA) is 39.7 Å². The second kappa shape index (κ2) is 10.0. The molecule has 0 aromatic heterocycles. The lowest BCUT2D eigenvalue weighted by molar-refractivity contribution is 0.0770. The Kier molecular flexibility index (Phi) is 8.73. The monoisotopic (exact) mass is 359 g/mol. The average Bonchev–Trinajstić information content (AvgIpc) is 2.45. The number of nitrogens with one attached hydrogen (secondary N) is 1. The van der Waals surface area contributed by atoms with E-state index in [1.807, 2.05) is 19.1 Å². The standard InChI is InChI=1S/C16H26BrNO3/c1-5-20-16-9-13(14(17)10-15(16)19-4)11-18-7-6-8-21-12(2)3/h9-10,12,18H,5-8,11H2,1-4H3. The summed E-state index contributed by atoms with van der Waals surface area (Å²) >= 11 is 3.57. The fourth-order valence-corrected chi connectivity index (χ4v) is 2.34. The maximum absolute atomic E-state index is 5.60. The number of hydrogen-bond donors (Lipinski definition) is 1. The van der Waals surface area contributed by atoms with E-state index < -0.39 is 0 Å². The van der Waals surface area contributed by atoms with E-state index in [0.29, 0.717) is 12.7 Å². The van der Waals surface area contributed by atoms with Gasteiger partial charge in [-0.2, -0.15) is 0 Å². The zero-order valence-electron chi connectivity index (χ0n) is 13.4. The van der Waals surface area contributed by atoms with Crippen LogP contribution in [0.2, 0.25) is 0 Å². The smallest absolute Gasteiger partial charge is 0.161 e. The number of rotatable bonds is 10. The summed E-state index contributed by atoms with van der Waals surface area (Å²) in [5, 5.41) is 3.42. The lowest BCUT2D eigenvalue weighted by Gasteiger charge is -2.14. The third kappa shape index (κ3) is 6.68. The van der Waals surface area contributed by atoms with E-state index in [1.165, 1.54) is 0 Å². The quantitative estimate of drug-likeness (QED) is 0.645. The molecule has 0 amide bonds. The van der Waals surface area contributed by atoms with E-state index >= 15 is 0 Å². The summed E-state index contributed by atoms with van der Waals surface area (Å²) in [6.45, 7) is 9.19. The molecule has 0 fully saturated rings. The van der Waals surface area contributed by atoms with Crippen molar-refractivity contribution in [3.05, 3.63) is 22.2 Å². The van der Waals surface area contributed by atoms with Gasteiger partial charge in [0, 0.05) is 17.6 Å². The van der Waals surface area contributed by atoms with Gasteiger partial charge in [-0.1, -0.05) is 15.9 Å². The third-order valence-corrected chi connectivity index (χ3v) is 3.64. The van der Waals surface area contributed by atoms with Gasteiger partial charge in [0.1, 0.15) is 0 Å². The highest BCUT2D eigenvalue weighted by molar-refractivity contribution is 9.10. The molecule has 0 heterocycles. The highest BCUT2D eigenvalue weighted by atomic mass is 79.9. The van der Waals surface area contributed by atoms with E-state index in [4.69, 9.17) is 14.2 Å². The van der Waals surface area contributed by atoms with E-state index in [1.54, 1.807) is 7.11 Å². The van der Waals surface area contributed by atoms with Crippen molar-refractivity contribution < 1.29 is 14.2 Å². The van der Waals surface area contributed by atoms with Gasteiger partial charge in [0.25, 0.3) is 0 Å². The second-order valence-corrected chi connectivity index (χ2v) is 5.83. The van der Waals surface area contributed by atoms with Crippen LogP contribution >= 0.6 is 15.9 Å². The highest BCUT2D eigenvalue weighted by Gasteiger charge is 2.09. The average molecular weight is 360 g/mol. The first-order valence-electron chi connectivity index (χ1n) is 7.40. The zero-order chi connectivity index (χ0) is 15.7. The summed E-state index contributed by atoms with van der Waals surface area (Å²) in [4.78, 5) is 0. The molecule has 0 atom stereocenters. The van der Waals surface area contributed by atoms with Gasteiger partial charge in [-0.3, -0.25) is 0 Å². The Bertz CT molecular complexity index is 424. The Labute approximate surface area is 136 Å². The van der Waals surface area contributed by atoms with Gasteiger partial charge in [0.15, 0.2) is 11.5 Å². The van der Waals surface area contributed by atoms with Gasteiger partial charge in [0.2, 0.25) is 0 Å². The molecule has 0 bridgehead atoms. The molecule has 120 valence electrons. The van der Waals surface area contributed by atoms with Crippen molar-refractivity contribution >= 4 is 15.9 Å². The molecule has 21 heavy (non-hydrogen) atoms. The molecule has 0 aliphatic rings. The molecule has 0 spiro atoms. The van der Waals surface area contributed by atoms with Gasteiger partial charge in [-0.25, -0.2) is 0 Å². The van der Waals surface area contributed by atoms with Crippen molar-refractivity contribution in [1.82, 2.24) is 5.32 Å². The molecule has 0 aliphatic heterocycles. The first kappa shape index (κ1) is 18.3. The highest BCUT2D eigenvalue weighted by Crippen LogP contribution is 2.33. The summed E-state index contributed by atoms with van der Waals surface area (Å²) in [7, 11) is 1.65. The van der Waals surface area contributed by atoms with E-state index in [2.05, 4.69) is 35.1 Å². The van der Waals surface area contributed by atoms with Crippen LogP contribution in [0.1, 0.15) is 32.8 Å². The van der Waals surface area contributed by atoms with Crippen molar-refractivity contribution in [3.63, 3.8) is 0 Å². The fraction of sp³-hybridized carbons (Fsp3) is 0.625. The number of methoxy groups -OCH3 is 1. The van der Waals surface area contributed by atoms with Gasteiger partial charge in [-0.15, -0.1) is 0 Å². The van der Waals surface area contributed by atoms with Crippen molar-refractivity contribution in [2.75, 3.05) is 26.9 Å². The van der Waals surface area contributed by atoms with Gasteiger partial charge in [0.05, 0.1) is 19.8 Å².